The molecular weight excluding hydrogens is 484 g/mol. The van der Waals surface area contributed by atoms with Crippen LogP contribution in [0.15, 0.2) is 47.2 Å². The molecule has 1 amide bonds. The molecule has 196 valence electrons. The average Bonchev–Trinajstić information content (AvgIpc) is 3.51. The second-order valence-corrected chi connectivity index (χ2v) is 10.6. The highest BCUT2D eigenvalue weighted by Gasteiger charge is 2.44. The van der Waals surface area contributed by atoms with Gasteiger partial charge in [0.05, 0.1) is 30.7 Å². The number of nitrogen functional groups attached to an aromatic ring is 1. The smallest absolute Gasteiger partial charge is 0.233 e. The summed E-state index contributed by atoms with van der Waals surface area (Å²) < 4.78 is 12.4. The molecule has 2 aliphatic heterocycles. The number of likely N-dealkylation sites (tertiary alicyclic amines) is 1. The Kier molecular flexibility index (Phi) is 5.98. The van der Waals surface area contributed by atoms with Gasteiger partial charge in [-0.05, 0) is 26.7 Å². The molecule has 2 N–H and O–H groups in total. The number of anilines is 1. The Bertz CT molecular complexity index is 1520. The number of carbonyl (C=O) groups excluding carboxylic acids is 2. The average molecular weight is 515 g/mol. The number of fused-ring (bicyclic) bond motifs is 1. The number of hydrogen-bond acceptors (Lipinski definition) is 8. The van der Waals surface area contributed by atoms with Crippen LogP contribution in [0.25, 0.3) is 16.8 Å². The predicted molar refractivity (Wildman–Crippen MR) is 140 cm³/mol. The lowest BCUT2D eigenvalue weighted by Crippen LogP contribution is -2.55. The maximum atomic E-state index is 13.2. The first kappa shape index (κ1) is 24.3. The van der Waals surface area contributed by atoms with Crippen LogP contribution in [0.3, 0.4) is 0 Å². The molecule has 2 saturated heterocycles. The molecule has 4 aromatic rings. The SMILES string of the molecule is Cc1cc(CC(=O)c2ccc(-c3nc([C@@H]4CCCN(C(=O)C5(C)COC5)C4)n4ccnc(N)c34)cc2)no1. The molecule has 0 bridgehead atoms. The Morgan fingerprint density at radius 3 is 2.68 bits per heavy atom. The van der Waals surface area contributed by atoms with Gasteiger partial charge < -0.3 is 19.9 Å². The molecule has 10 heteroatoms. The van der Waals surface area contributed by atoms with Crippen LogP contribution >= 0.6 is 0 Å². The summed E-state index contributed by atoms with van der Waals surface area (Å²) in [4.78, 5) is 37.3. The Morgan fingerprint density at radius 1 is 1.21 bits per heavy atom. The van der Waals surface area contributed by atoms with Gasteiger partial charge in [-0.3, -0.25) is 14.0 Å². The van der Waals surface area contributed by atoms with Gasteiger partial charge in [0.15, 0.2) is 5.78 Å². The van der Waals surface area contributed by atoms with E-state index in [1.165, 1.54) is 0 Å². The molecule has 0 spiro atoms. The molecule has 0 radical (unpaired) electrons. The fourth-order valence-corrected chi connectivity index (χ4v) is 5.44. The molecule has 3 aromatic heterocycles. The van der Waals surface area contributed by atoms with Crippen LogP contribution in [0.4, 0.5) is 5.82 Å². The quantitative estimate of drug-likeness (QED) is 0.388. The third-order valence-corrected chi connectivity index (χ3v) is 7.54. The van der Waals surface area contributed by atoms with E-state index in [2.05, 4.69) is 10.1 Å². The summed E-state index contributed by atoms with van der Waals surface area (Å²) in [5, 5.41) is 3.91. The number of ketones is 1. The number of aromatic nitrogens is 4. The Labute approximate surface area is 219 Å². The summed E-state index contributed by atoms with van der Waals surface area (Å²) in [5.74, 6) is 2.08. The van der Waals surface area contributed by atoms with E-state index in [1.54, 1.807) is 31.3 Å². The lowest BCUT2D eigenvalue weighted by Gasteiger charge is -2.42. The minimum Gasteiger partial charge on any atom is -0.382 e. The van der Waals surface area contributed by atoms with Gasteiger partial charge in [-0.2, -0.15) is 0 Å². The van der Waals surface area contributed by atoms with E-state index in [1.807, 2.05) is 34.6 Å². The summed E-state index contributed by atoms with van der Waals surface area (Å²) in [6, 6.07) is 9.12. The molecule has 0 saturated carbocycles. The van der Waals surface area contributed by atoms with Gasteiger partial charge in [0.1, 0.15) is 28.6 Å². The topological polar surface area (TPSA) is 129 Å². The van der Waals surface area contributed by atoms with Crippen LogP contribution in [0, 0.1) is 12.3 Å². The first-order valence-electron chi connectivity index (χ1n) is 12.9. The van der Waals surface area contributed by atoms with E-state index in [-0.39, 0.29) is 24.0 Å². The molecule has 1 aromatic carbocycles. The fourth-order valence-electron chi connectivity index (χ4n) is 5.44. The molecular formula is C28H30N6O4. The number of aryl methyl sites for hydroxylation is 1. The maximum absolute atomic E-state index is 13.2. The highest BCUT2D eigenvalue weighted by molar-refractivity contribution is 5.98. The van der Waals surface area contributed by atoms with Crippen molar-refractivity contribution in [3.8, 4) is 11.3 Å². The Hall–Kier alpha value is -4.05. The monoisotopic (exact) mass is 514 g/mol. The van der Waals surface area contributed by atoms with Gasteiger partial charge in [0, 0.05) is 48.6 Å². The third-order valence-electron chi connectivity index (χ3n) is 7.54. The van der Waals surface area contributed by atoms with Crippen LogP contribution in [0.5, 0.6) is 0 Å². The van der Waals surface area contributed by atoms with Crippen molar-refractivity contribution < 1.29 is 18.8 Å². The number of benzene rings is 1. The number of nitrogens with zero attached hydrogens (tertiary/aromatic N) is 5. The first-order valence-corrected chi connectivity index (χ1v) is 12.9. The Balaban J connectivity index is 1.29. The van der Waals surface area contributed by atoms with E-state index in [9.17, 15) is 9.59 Å². The number of rotatable bonds is 6. The van der Waals surface area contributed by atoms with E-state index in [4.69, 9.17) is 20.0 Å². The van der Waals surface area contributed by atoms with Gasteiger partial charge >= 0.3 is 0 Å². The molecule has 1 atom stereocenters. The largest absolute Gasteiger partial charge is 0.382 e. The summed E-state index contributed by atoms with van der Waals surface area (Å²) in [7, 11) is 0. The van der Waals surface area contributed by atoms with Crippen LogP contribution in [-0.2, 0) is 16.0 Å². The van der Waals surface area contributed by atoms with E-state index < -0.39 is 5.41 Å². The molecule has 6 rings (SSSR count). The van der Waals surface area contributed by atoms with Crippen molar-refractivity contribution in [2.45, 2.75) is 39.0 Å². The van der Waals surface area contributed by atoms with Crippen LogP contribution in [0.1, 0.15) is 53.3 Å². The summed E-state index contributed by atoms with van der Waals surface area (Å²) in [5.41, 5.74) is 9.38. The van der Waals surface area contributed by atoms with Crippen molar-refractivity contribution in [2.24, 2.45) is 5.41 Å². The summed E-state index contributed by atoms with van der Waals surface area (Å²) in [6.45, 7) is 6.06. The van der Waals surface area contributed by atoms with Crippen molar-refractivity contribution in [2.75, 3.05) is 32.0 Å². The van der Waals surface area contributed by atoms with Crippen molar-refractivity contribution in [1.29, 1.82) is 0 Å². The van der Waals surface area contributed by atoms with E-state index in [0.29, 0.717) is 48.3 Å². The second kappa shape index (κ2) is 9.36. The number of ether oxygens (including phenoxy) is 1. The lowest BCUT2D eigenvalue weighted by atomic mass is 9.85. The van der Waals surface area contributed by atoms with Crippen LogP contribution < -0.4 is 5.73 Å². The highest BCUT2D eigenvalue weighted by atomic mass is 16.5. The number of nitrogens with two attached hydrogens (primary N) is 1. The van der Waals surface area contributed by atoms with Gasteiger partial charge in [-0.1, -0.05) is 29.4 Å². The standard InChI is InChI=1S/C28H30N6O4/c1-17-12-21(32-38-17)13-22(35)18-5-7-19(8-6-18)23-24-25(29)30-9-11-34(24)26(31-23)20-4-3-10-33(14-20)27(36)28(2)15-37-16-28/h5-9,11-12,20H,3-4,10,13-16H2,1-2H3,(H2,29,30)/t20-/m1/s1. The van der Waals surface area contributed by atoms with E-state index in [0.717, 1.165) is 36.3 Å². The number of amides is 1. The second-order valence-electron chi connectivity index (χ2n) is 10.6. The van der Waals surface area contributed by atoms with Gasteiger partial charge in [-0.25, -0.2) is 9.97 Å². The lowest BCUT2D eigenvalue weighted by molar-refractivity contribution is -0.169. The third kappa shape index (κ3) is 4.24. The molecule has 0 aliphatic carbocycles. The number of hydrogen-bond donors (Lipinski definition) is 1. The number of carbonyl (C=O) groups is 2. The number of imidazole rings is 1. The van der Waals surface area contributed by atoms with Crippen molar-refractivity contribution in [3.63, 3.8) is 0 Å². The van der Waals surface area contributed by atoms with Gasteiger partial charge in [0.2, 0.25) is 5.91 Å². The number of piperidine rings is 1. The predicted octanol–water partition coefficient (Wildman–Crippen LogP) is 3.44. The zero-order chi connectivity index (χ0) is 26.4. The van der Waals surface area contributed by atoms with Crippen LogP contribution in [-0.4, -0.2) is 62.4 Å². The van der Waals surface area contributed by atoms with Crippen molar-refractivity contribution >= 4 is 23.0 Å². The fraction of sp³-hybridized carbons (Fsp3) is 0.393. The Morgan fingerprint density at radius 2 is 2.00 bits per heavy atom. The maximum Gasteiger partial charge on any atom is 0.233 e. The normalized spacial score (nSPS) is 18.9. The zero-order valence-corrected chi connectivity index (χ0v) is 21.5. The summed E-state index contributed by atoms with van der Waals surface area (Å²) in [6.07, 6.45) is 5.54. The molecule has 5 heterocycles. The first-order chi connectivity index (χ1) is 18.3. The van der Waals surface area contributed by atoms with Crippen molar-refractivity contribution in [3.05, 3.63) is 65.6 Å². The minimum atomic E-state index is -0.429. The molecule has 0 unspecified atom stereocenters. The van der Waals surface area contributed by atoms with Gasteiger partial charge in [-0.15, -0.1) is 0 Å². The highest BCUT2D eigenvalue weighted by Crippen LogP contribution is 2.36. The summed E-state index contributed by atoms with van der Waals surface area (Å²) >= 11 is 0. The van der Waals surface area contributed by atoms with E-state index >= 15 is 0 Å². The van der Waals surface area contributed by atoms with Crippen molar-refractivity contribution in [1.82, 2.24) is 24.4 Å². The molecule has 2 aliphatic rings. The molecule has 10 nitrogen and oxygen atoms in total. The number of Topliss-reactive ketones (excluding diaryl/α,β-unsaturated/α-hetero) is 1. The minimum absolute atomic E-state index is 0.0426. The van der Waals surface area contributed by atoms with Crippen LogP contribution in [0.2, 0.25) is 0 Å². The zero-order valence-electron chi connectivity index (χ0n) is 21.5. The van der Waals surface area contributed by atoms with Gasteiger partial charge in [0.25, 0.3) is 0 Å². The molecule has 38 heavy (non-hydrogen) atoms. The molecule has 2 fully saturated rings.